The molecule has 0 aliphatic carbocycles. The predicted octanol–water partition coefficient (Wildman–Crippen LogP) is 3.53. The summed E-state index contributed by atoms with van der Waals surface area (Å²) in [6, 6.07) is 6.36. The number of nitrogens with zero attached hydrogens (tertiary/aromatic N) is 3. The Morgan fingerprint density at radius 3 is 2.85 bits per heavy atom. The Morgan fingerprint density at radius 2 is 2.15 bits per heavy atom. The Bertz CT molecular complexity index is 832. The summed E-state index contributed by atoms with van der Waals surface area (Å²) in [6.45, 7) is 0. The zero-order valence-corrected chi connectivity index (χ0v) is 11.5. The first-order valence-corrected chi connectivity index (χ1v) is 6.38. The topological polar surface area (TPSA) is 68.0 Å². The fourth-order valence-corrected chi connectivity index (χ4v) is 2.22. The third-order valence-corrected chi connectivity index (χ3v) is 3.46. The van der Waals surface area contributed by atoms with E-state index in [0.29, 0.717) is 16.6 Å². The fourth-order valence-electron chi connectivity index (χ4n) is 2.00. The molecular weight excluding hydrogens is 329 g/mol. The molecule has 3 rings (SSSR count). The van der Waals surface area contributed by atoms with Gasteiger partial charge in [-0.3, -0.25) is 4.98 Å². The van der Waals surface area contributed by atoms with Gasteiger partial charge >= 0.3 is 6.09 Å². The zero-order chi connectivity index (χ0) is 14.3. The van der Waals surface area contributed by atoms with Gasteiger partial charge in [0.2, 0.25) is 5.95 Å². The number of hydrogen-bond acceptors (Lipinski definition) is 3. The third-order valence-electron chi connectivity index (χ3n) is 2.86. The van der Waals surface area contributed by atoms with E-state index in [0.717, 1.165) is 4.57 Å². The maximum atomic E-state index is 13.5. The molecule has 0 radical (unpaired) electrons. The molecule has 3 heterocycles. The van der Waals surface area contributed by atoms with Crippen LogP contribution >= 0.6 is 15.9 Å². The van der Waals surface area contributed by atoms with E-state index in [1.807, 2.05) is 0 Å². The third kappa shape index (κ3) is 1.96. The molecule has 5 nitrogen and oxygen atoms in total. The van der Waals surface area contributed by atoms with Gasteiger partial charge in [0.15, 0.2) is 0 Å². The maximum Gasteiger partial charge on any atom is 0.416 e. The SMILES string of the molecule is O=C(O)n1c(-c2ccc(Br)c(F)n2)cc2ccncc21. The largest absolute Gasteiger partial charge is 0.464 e. The first kappa shape index (κ1) is 12.7. The Morgan fingerprint density at radius 1 is 1.35 bits per heavy atom. The van der Waals surface area contributed by atoms with Crippen molar-refractivity contribution in [3.63, 3.8) is 0 Å². The summed E-state index contributed by atoms with van der Waals surface area (Å²) in [6.07, 6.45) is 1.84. The lowest BCUT2D eigenvalue weighted by Crippen LogP contribution is -2.09. The number of aromatic nitrogens is 3. The number of rotatable bonds is 1. The van der Waals surface area contributed by atoms with Crippen molar-refractivity contribution in [2.45, 2.75) is 0 Å². The van der Waals surface area contributed by atoms with Gasteiger partial charge in [0.1, 0.15) is 0 Å². The van der Waals surface area contributed by atoms with Crippen molar-refractivity contribution in [3.05, 3.63) is 47.1 Å². The minimum atomic E-state index is -1.17. The van der Waals surface area contributed by atoms with Crippen LogP contribution in [0.25, 0.3) is 22.3 Å². The van der Waals surface area contributed by atoms with Crippen LogP contribution in [-0.4, -0.2) is 25.7 Å². The van der Waals surface area contributed by atoms with Crippen molar-refractivity contribution in [1.29, 1.82) is 0 Å². The van der Waals surface area contributed by atoms with E-state index in [2.05, 4.69) is 25.9 Å². The van der Waals surface area contributed by atoms with Crippen LogP contribution in [0.3, 0.4) is 0 Å². The van der Waals surface area contributed by atoms with E-state index in [1.54, 1.807) is 24.4 Å². The van der Waals surface area contributed by atoms with Crippen molar-refractivity contribution in [2.24, 2.45) is 0 Å². The first-order valence-electron chi connectivity index (χ1n) is 5.59. The number of halogens is 2. The summed E-state index contributed by atoms with van der Waals surface area (Å²) < 4.78 is 14.8. The molecule has 0 spiro atoms. The molecule has 0 bridgehead atoms. The second-order valence-corrected chi connectivity index (χ2v) is 4.91. The van der Waals surface area contributed by atoms with E-state index in [1.165, 1.54) is 12.3 Å². The molecule has 0 amide bonds. The van der Waals surface area contributed by atoms with Crippen LogP contribution in [0.1, 0.15) is 0 Å². The van der Waals surface area contributed by atoms with Crippen LogP contribution in [0.2, 0.25) is 0 Å². The van der Waals surface area contributed by atoms with E-state index < -0.39 is 12.0 Å². The number of carbonyl (C=O) groups is 1. The Balaban J connectivity index is 2.32. The summed E-state index contributed by atoms with van der Waals surface area (Å²) in [7, 11) is 0. The lowest BCUT2D eigenvalue weighted by molar-refractivity contribution is 0.198. The minimum absolute atomic E-state index is 0.223. The lowest BCUT2D eigenvalue weighted by atomic mass is 10.2. The number of pyridine rings is 2. The molecule has 3 aromatic rings. The van der Waals surface area contributed by atoms with Crippen molar-refractivity contribution in [1.82, 2.24) is 14.5 Å². The molecule has 0 unspecified atom stereocenters. The molecule has 100 valence electrons. The first-order chi connectivity index (χ1) is 9.58. The fraction of sp³-hybridized carbons (Fsp3) is 0. The standard InChI is InChI=1S/C13H7BrFN3O2/c14-8-1-2-9(17-12(8)15)10-5-7-3-4-16-6-11(7)18(10)13(19)20/h1-6H,(H,19,20). The second-order valence-electron chi connectivity index (χ2n) is 4.05. The highest BCUT2D eigenvalue weighted by Gasteiger charge is 2.17. The summed E-state index contributed by atoms with van der Waals surface area (Å²) in [5.41, 5.74) is 0.969. The van der Waals surface area contributed by atoms with Crippen LogP contribution in [0, 0.1) is 5.95 Å². The Labute approximate surface area is 120 Å². The molecule has 3 aromatic heterocycles. The van der Waals surface area contributed by atoms with Crippen LogP contribution in [0.4, 0.5) is 9.18 Å². The van der Waals surface area contributed by atoms with Gasteiger partial charge in [-0.15, -0.1) is 0 Å². The highest BCUT2D eigenvalue weighted by molar-refractivity contribution is 9.10. The smallest absolute Gasteiger partial charge is 0.416 e. The van der Waals surface area contributed by atoms with Crippen LogP contribution in [0.5, 0.6) is 0 Å². The molecule has 20 heavy (non-hydrogen) atoms. The van der Waals surface area contributed by atoms with Gasteiger partial charge in [0.05, 0.1) is 27.6 Å². The maximum absolute atomic E-state index is 13.5. The molecule has 0 atom stereocenters. The van der Waals surface area contributed by atoms with Crippen molar-refractivity contribution in [3.8, 4) is 11.4 Å². The minimum Gasteiger partial charge on any atom is -0.464 e. The highest BCUT2D eigenvalue weighted by atomic mass is 79.9. The van der Waals surface area contributed by atoms with Gasteiger partial charge in [0.25, 0.3) is 0 Å². The quantitative estimate of drug-likeness (QED) is 0.691. The Kier molecular flexibility index (Phi) is 2.98. The van der Waals surface area contributed by atoms with E-state index in [-0.39, 0.29) is 10.2 Å². The van der Waals surface area contributed by atoms with E-state index in [4.69, 9.17) is 0 Å². The summed E-state index contributed by atoms with van der Waals surface area (Å²) in [5, 5.41) is 10.0. The van der Waals surface area contributed by atoms with Gasteiger partial charge in [-0.25, -0.2) is 14.3 Å². The molecule has 0 saturated carbocycles. The van der Waals surface area contributed by atoms with E-state index >= 15 is 0 Å². The number of fused-ring (bicyclic) bond motifs is 1. The molecule has 7 heteroatoms. The molecular formula is C13H7BrFN3O2. The van der Waals surface area contributed by atoms with Crippen molar-refractivity contribution >= 4 is 32.9 Å². The predicted molar refractivity (Wildman–Crippen MR) is 74.0 cm³/mol. The molecule has 0 aromatic carbocycles. The van der Waals surface area contributed by atoms with Crippen LogP contribution in [0.15, 0.2) is 41.1 Å². The summed E-state index contributed by atoms with van der Waals surface area (Å²) >= 11 is 3.01. The molecule has 0 aliphatic rings. The van der Waals surface area contributed by atoms with Gasteiger partial charge in [0, 0.05) is 11.6 Å². The van der Waals surface area contributed by atoms with Gasteiger partial charge in [-0.2, -0.15) is 4.39 Å². The van der Waals surface area contributed by atoms with Crippen LogP contribution < -0.4 is 0 Å². The van der Waals surface area contributed by atoms with Gasteiger partial charge in [-0.05, 0) is 40.2 Å². The molecule has 0 aliphatic heterocycles. The van der Waals surface area contributed by atoms with Crippen molar-refractivity contribution < 1.29 is 14.3 Å². The van der Waals surface area contributed by atoms with Gasteiger partial charge < -0.3 is 5.11 Å². The summed E-state index contributed by atoms with van der Waals surface area (Å²) in [4.78, 5) is 19.1. The normalized spacial score (nSPS) is 10.9. The Hall–Kier alpha value is -2.28. The van der Waals surface area contributed by atoms with Crippen molar-refractivity contribution in [2.75, 3.05) is 0 Å². The summed E-state index contributed by atoms with van der Waals surface area (Å²) in [5.74, 6) is -0.692. The number of carboxylic acid groups (broad SMARTS) is 1. The van der Waals surface area contributed by atoms with Gasteiger partial charge in [-0.1, -0.05) is 0 Å². The molecule has 0 fully saturated rings. The number of hydrogen-bond donors (Lipinski definition) is 1. The zero-order valence-electron chi connectivity index (χ0n) is 9.92. The lowest BCUT2D eigenvalue weighted by Gasteiger charge is -2.05. The monoisotopic (exact) mass is 335 g/mol. The molecule has 1 N–H and O–H groups in total. The average Bonchev–Trinajstić information content (AvgIpc) is 2.81. The average molecular weight is 336 g/mol. The van der Waals surface area contributed by atoms with E-state index in [9.17, 15) is 14.3 Å². The van der Waals surface area contributed by atoms with Crippen LogP contribution in [-0.2, 0) is 0 Å². The second kappa shape index (κ2) is 4.68. The highest BCUT2D eigenvalue weighted by Crippen LogP contribution is 2.27. The molecule has 0 saturated heterocycles.